The van der Waals surface area contributed by atoms with E-state index in [0.29, 0.717) is 19.0 Å². The predicted molar refractivity (Wildman–Crippen MR) is 129 cm³/mol. The van der Waals surface area contributed by atoms with Gasteiger partial charge in [-0.25, -0.2) is 17.5 Å². The van der Waals surface area contributed by atoms with Gasteiger partial charge in [-0.15, -0.1) is 0 Å². The summed E-state index contributed by atoms with van der Waals surface area (Å²) in [5.41, 5.74) is 1.32. The second kappa shape index (κ2) is 11.4. The summed E-state index contributed by atoms with van der Waals surface area (Å²) >= 11 is 0. The number of ether oxygens (including phenoxy) is 1. The van der Waals surface area contributed by atoms with E-state index in [4.69, 9.17) is 4.74 Å². The lowest BCUT2D eigenvalue weighted by Gasteiger charge is -2.35. The number of aliphatic hydroxyl groups excluding tert-OH is 1. The van der Waals surface area contributed by atoms with Gasteiger partial charge in [0.15, 0.2) is 0 Å². The molecule has 2 aromatic rings. The van der Waals surface area contributed by atoms with Gasteiger partial charge in [0.2, 0.25) is 15.9 Å². The second-order valence-electron chi connectivity index (χ2n) is 9.10. The topological polar surface area (TPSA) is 95.9 Å². The number of sulfonamides is 1. The number of amides is 1. The zero-order valence-electron chi connectivity index (χ0n) is 19.4. The molecule has 0 spiro atoms. The van der Waals surface area contributed by atoms with Crippen LogP contribution >= 0.6 is 0 Å². The Balaban J connectivity index is 1.29. The largest absolute Gasteiger partial charge is 0.394 e. The first-order valence-corrected chi connectivity index (χ1v) is 13.4. The normalized spacial score (nSPS) is 23.4. The third-order valence-corrected chi connectivity index (χ3v) is 8.06. The first kappa shape index (κ1) is 25.5. The van der Waals surface area contributed by atoms with Crippen molar-refractivity contribution in [3.63, 3.8) is 0 Å². The number of carbonyl (C=O) groups is 1. The lowest BCUT2D eigenvalue weighted by Crippen LogP contribution is -2.49. The Kier molecular flexibility index (Phi) is 8.33. The van der Waals surface area contributed by atoms with Gasteiger partial charge in [-0.3, -0.25) is 4.79 Å². The van der Waals surface area contributed by atoms with E-state index in [2.05, 4.69) is 16.9 Å². The lowest BCUT2D eigenvalue weighted by atomic mass is 9.90. The summed E-state index contributed by atoms with van der Waals surface area (Å²) in [6.07, 6.45) is 4.93. The van der Waals surface area contributed by atoms with Gasteiger partial charge < -0.3 is 14.7 Å². The summed E-state index contributed by atoms with van der Waals surface area (Å²) in [4.78, 5) is 14.6. The highest BCUT2D eigenvalue weighted by atomic mass is 32.2. The first-order chi connectivity index (χ1) is 16.8. The predicted octanol–water partition coefficient (Wildman–Crippen LogP) is 2.66. The van der Waals surface area contributed by atoms with E-state index in [9.17, 15) is 22.7 Å². The summed E-state index contributed by atoms with van der Waals surface area (Å²) in [6.45, 7) is 0.989. The van der Waals surface area contributed by atoms with Crippen molar-refractivity contribution >= 4 is 15.9 Å². The number of carbonyl (C=O) groups excluding carboxylic acids is 1. The van der Waals surface area contributed by atoms with Crippen LogP contribution in [0.4, 0.5) is 4.39 Å². The van der Waals surface area contributed by atoms with Crippen LogP contribution in [0.1, 0.15) is 24.8 Å². The molecule has 2 N–H and O–H groups in total. The average Bonchev–Trinajstić information content (AvgIpc) is 2.86. The highest BCUT2D eigenvalue weighted by Gasteiger charge is 2.32. The Morgan fingerprint density at radius 2 is 1.74 bits per heavy atom. The number of nitrogens with zero attached hydrogens (tertiary/aromatic N) is 1. The zero-order chi connectivity index (χ0) is 24.8. The number of aliphatic hydroxyl groups is 1. The number of halogens is 1. The lowest BCUT2D eigenvalue weighted by molar-refractivity contribution is -0.136. The van der Waals surface area contributed by atoms with Crippen molar-refractivity contribution in [3.05, 3.63) is 78.1 Å². The summed E-state index contributed by atoms with van der Waals surface area (Å²) in [6, 6.07) is 14.0. The van der Waals surface area contributed by atoms with Gasteiger partial charge in [0, 0.05) is 13.1 Å². The molecule has 2 aliphatic heterocycles. The minimum Gasteiger partial charge on any atom is -0.394 e. The first-order valence-electron chi connectivity index (χ1n) is 11.9. The van der Waals surface area contributed by atoms with Gasteiger partial charge in [-0.05, 0) is 55.0 Å². The number of hydrogen-bond acceptors (Lipinski definition) is 5. The Morgan fingerprint density at radius 1 is 1.06 bits per heavy atom. The third-order valence-electron chi connectivity index (χ3n) is 6.59. The second-order valence-corrected chi connectivity index (χ2v) is 10.8. The number of hydrogen-bond donors (Lipinski definition) is 2. The fourth-order valence-corrected chi connectivity index (χ4v) is 5.83. The van der Waals surface area contributed by atoms with E-state index < -0.39 is 40.7 Å². The van der Waals surface area contributed by atoms with Crippen LogP contribution in [-0.4, -0.2) is 62.3 Å². The minimum atomic E-state index is -3.94. The van der Waals surface area contributed by atoms with Crippen LogP contribution in [0.5, 0.6) is 0 Å². The Hall–Kier alpha value is -2.59. The summed E-state index contributed by atoms with van der Waals surface area (Å²) in [7, 11) is -3.94. The molecule has 2 aliphatic rings. The summed E-state index contributed by atoms with van der Waals surface area (Å²) < 4.78 is 46.7. The molecule has 1 fully saturated rings. The molecule has 2 heterocycles. The molecule has 0 bridgehead atoms. The fraction of sp³-hybridized carbons (Fsp3) is 0.423. The summed E-state index contributed by atoms with van der Waals surface area (Å²) in [5, 5.41) is 9.78. The van der Waals surface area contributed by atoms with Crippen molar-refractivity contribution < 1.29 is 27.4 Å². The van der Waals surface area contributed by atoms with Crippen molar-refractivity contribution in [1.82, 2.24) is 9.62 Å². The van der Waals surface area contributed by atoms with E-state index in [1.165, 1.54) is 17.7 Å². The molecule has 3 atom stereocenters. The number of rotatable bonds is 8. The summed E-state index contributed by atoms with van der Waals surface area (Å²) in [5.74, 6) is 0.00629. The molecule has 1 amide bonds. The van der Waals surface area contributed by atoms with Gasteiger partial charge in [-0.1, -0.05) is 42.5 Å². The van der Waals surface area contributed by atoms with E-state index in [1.54, 1.807) is 12.2 Å². The fourth-order valence-electron chi connectivity index (χ4n) is 4.61. The van der Waals surface area contributed by atoms with Gasteiger partial charge >= 0.3 is 0 Å². The number of benzene rings is 2. The quantitative estimate of drug-likeness (QED) is 0.541. The monoisotopic (exact) mass is 502 g/mol. The molecule has 0 unspecified atom stereocenters. The molecule has 9 heteroatoms. The van der Waals surface area contributed by atoms with Gasteiger partial charge in [0.1, 0.15) is 11.9 Å². The van der Waals surface area contributed by atoms with E-state index >= 15 is 0 Å². The van der Waals surface area contributed by atoms with Crippen molar-refractivity contribution in [3.8, 4) is 0 Å². The van der Waals surface area contributed by atoms with Gasteiger partial charge in [-0.2, -0.15) is 0 Å². The zero-order valence-corrected chi connectivity index (χ0v) is 20.2. The molecule has 35 heavy (non-hydrogen) atoms. The molecule has 7 nitrogen and oxygen atoms in total. The van der Waals surface area contributed by atoms with Gasteiger partial charge in [0.25, 0.3) is 0 Å². The van der Waals surface area contributed by atoms with Crippen molar-refractivity contribution in [2.45, 2.75) is 48.8 Å². The van der Waals surface area contributed by atoms with Crippen LogP contribution < -0.4 is 4.72 Å². The standard InChI is InChI=1S/C26H31FN2O5S/c27-21-6-9-23(10-7-21)35(32,33)28-24-11-8-22(34-25(24)18-30)17-26(31)29-14-12-20(13-15-29)16-19-4-2-1-3-5-19/h1-11,20,22,24-25,28,30H,12-18H2/t22-,24+,25+/m1/s1. The molecule has 188 valence electrons. The van der Waals surface area contributed by atoms with Crippen LogP contribution in [0.3, 0.4) is 0 Å². The van der Waals surface area contributed by atoms with E-state index in [-0.39, 0.29) is 17.2 Å². The maximum atomic E-state index is 13.1. The molecule has 0 saturated carbocycles. The molecular formula is C26H31FN2O5S. The molecule has 2 aromatic carbocycles. The van der Waals surface area contributed by atoms with Crippen molar-refractivity contribution in [2.24, 2.45) is 5.92 Å². The van der Waals surface area contributed by atoms with Gasteiger partial charge in [0.05, 0.1) is 30.1 Å². The van der Waals surface area contributed by atoms with E-state index in [0.717, 1.165) is 31.4 Å². The Morgan fingerprint density at radius 3 is 2.40 bits per heavy atom. The maximum Gasteiger partial charge on any atom is 0.241 e. The number of likely N-dealkylation sites (tertiary alicyclic amines) is 1. The SMILES string of the molecule is O=C(C[C@H]1C=C[C@H](NS(=O)(=O)c2ccc(F)cc2)[C@H](CO)O1)N1CCC(Cc2ccccc2)CC1. The van der Waals surface area contributed by atoms with E-state index in [1.807, 2.05) is 23.1 Å². The molecule has 0 aliphatic carbocycles. The van der Waals surface area contributed by atoms with Crippen LogP contribution in [0.25, 0.3) is 0 Å². The highest BCUT2D eigenvalue weighted by Crippen LogP contribution is 2.24. The Bertz CT molecular complexity index is 1120. The highest BCUT2D eigenvalue weighted by molar-refractivity contribution is 7.89. The Labute approximate surface area is 205 Å². The minimum absolute atomic E-state index is 0.0140. The van der Waals surface area contributed by atoms with Crippen molar-refractivity contribution in [1.29, 1.82) is 0 Å². The molecule has 0 radical (unpaired) electrons. The smallest absolute Gasteiger partial charge is 0.241 e. The average molecular weight is 503 g/mol. The molecular weight excluding hydrogens is 471 g/mol. The van der Waals surface area contributed by atoms with Crippen LogP contribution in [0.2, 0.25) is 0 Å². The molecule has 1 saturated heterocycles. The number of piperidine rings is 1. The van der Waals surface area contributed by atoms with Crippen LogP contribution in [-0.2, 0) is 26.0 Å². The maximum absolute atomic E-state index is 13.1. The van der Waals surface area contributed by atoms with Crippen molar-refractivity contribution in [2.75, 3.05) is 19.7 Å². The third kappa shape index (κ3) is 6.76. The van der Waals surface area contributed by atoms with Crippen LogP contribution in [0.15, 0.2) is 71.6 Å². The number of nitrogens with one attached hydrogen (secondary N) is 1. The molecule has 4 rings (SSSR count). The van der Waals surface area contributed by atoms with Crippen LogP contribution in [0, 0.1) is 11.7 Å². The molecule has 0 aromatic heterocycles.